The normalized spacial score (nSPS) is 10.2. The minimum atomic E-state index is -0.733. The Bertz CT molecular complexity index is 403. The minimum absolute atomic E-state index is 0.0362. The zero-order chi connectivity index (χ0) is 13.0. The van der Waals surface area contributed by atoms with Crippen molar-refractivity contribution in [2.24, 2.45) is 0 Å². The van der Waals surface area contributed by atoms with Crippen LogP contribution in [-0.4, -0.2) is 30.9 Å². The van der Waals surface area contributed by atoms with Gasteiger partial charge in [-0.3, -0.25) is 4.79 Å². The summed E-state index contributed by atoms with van der Waals surface area (Å²) in [7, 11) is 1.65. The first-order chi connectivity index (χ1) is 7.95. The molecule has 6 heteroatoms. The van der Waals surface area contributed by atoms with Crippen LogP contribution in [0.2, 0.25) is 0 Å². The van der Waals surface area contributed by atoms with Crippen LogP contribution in [-0.2, 0) is 4.79 Å². The van der Waals surface area contributed by atoms with Gasteiger partial charge in [0.25, 0.3) is 0 Å². The molecule has 1 rings (SSSR count). The fourth-order valence-electron chi connectivity index (χ4n) is 1.19. The summed E-state index contributed by atoms with van der Waals surface area (Å²) in [5.41, 5.74) is 0.0873. The van der Waals surface area contributed by atoms with E-state index in [9.17, 15) is 13.6 Å². The Morgan fingerprint density at radius 3 is 2.65 bits per heavy atom. The summed E-state index contributed by atoms with van der Waals surface area (Å²) in [6, 6.07) is 1.90. The summed E-state index contributed by atoms with van der Waals surface area (Å²) >= 11 is 3.03. The number of nitrogens with zero attached hydrogens (tertiary/aromatic N) is 1. The van der Waals surface area contributed by atoms with E-state index in [1.165, 1.54) is 4.90 Å². The van der Waals surface area contributed by atoms with Crippen LogP contribution in [0.4, 0.5) is 14.5 Å². The van der Waals surface area contributed by atoms with Crippen molar-refractivity contribution in [2.45, 2.75) is 6.92 Å². The Labute approximate surface area is 107 Å². The maximum Gasteiger partial charge on any atom is 0.241 e. The maximum atomic E-state index is 13.4. The molecule has 1 amide bonds. The number of likely N-dealkylation sites (N-methyl/N-ethyl adjacent to an activating group) is 1. The molecule has 1 aromatic carbocycles. The van der Waals surface area contributed by atoms with Crippen LogP contribution in [0.5, 0.6) is 0 Å². The quantitative estimate of drug-likeness (QED) is 0.927. The molecule has 1 N–H and O–H groups in total. The highest BCUT2D eigenvalue weighted by atomic mass is 79.9. The second kappa shape index (κ2) is 5.95. The number of anilines is 1. The van der Waals surface area contributed by atoms with Crippen molar-refractivity contribution in [3.63, 3.8) is 0 Å². The molecular weight excluding hydrogens is 294 g/mol. The number of hydrogen-bond acceptors (Lipinski definition) is 2. The summed E-state index contributed by atoms with van der Waals surface area (Å²) in [6.07, 6.45) is 0. The van der Waals surface area contributed by atoms with Gasteiger partial charge in [-0.2, -0.15) is 0 Å². The van der Waals surface area contributed by atoms with E-state index in [1.54, 1.807) is 7.05 Å². The lowest BCUT2D eigenvalue weighted by Gasteiger charge is -2.16. The van der Waals surface area contributed by atoms with Crippen molar-refractivity contribution < 1.29 is 13.6 Å². The fourth-order valence-corrected chi connectivity index (χ4v) is 1.73. The summed E-state index contributed by atoms with van der Waals surface area (Å²) < 4.78 is 26.5. The van der Waals surface area contributed by atoms with Gasteiger partial charge in [-0.15, -0.1) is 0 Å². The van der Waals surface area contributed by atoms with Crippen molar-refractivity contribution in [1.82, 2.24) is 4.90 Å². The molecule has 17 heavy (non-hydrogen) atoms. The van der Waals surface area contributed by atoms with E-state index < -0.39 is 11.6 Å². The minimum Gasteiger partial charge on any atom is -0.373 e. The van der Waals surface area contributed by atoms with Crippen LogP contribution in [0.25, 0.3) is 0 Å². The second-order valence-electron chi connectivity index (χ2n) is 3.51. The average molecular weight is 307 g/mol. The Morgan fingerprint density at radius 2 is 2.12 bits per heavy atom. The SMILES string of the molecule is CCN(C)C(=O)CNc1c(F)cc(F)cc1Br. The van der Waals surface area contributed by atoms with Gasteiger partial charge in [-0.05, 0) is 28.9 Å². The first kappa shape index (κ1) is 13.9. The van der Waals surface area contributed by atoms with Crippen molar-refractivity contribution in [2.75, 3.05) is 25.5 Å². The van der Waals surface area contributed by atoms with Crippen LogP contribution in [0.3, 0.4) is 0 Å². The lowest BCUT2D eigenvalue weighted by atomic mass is 10.3. The van der Waals surface area contributed by atoms with Gasteiger partial charge in [-0.25, -0.2) is 8.78 Å². The van der Waals surface area contributed by atoms with Gasteiger partial charge in [0, 0.05) is 24.1 Å². The van der Waals surface area contributed by atoms with Gasteiger partial charge in [0.2, 0.25) is 5.91 Å². The Balaban J connectivity index is 2.73. The number of benzene rings is 1. The predicted molar refractivity (Wildman–Crippen MR) is 65.9 cm³/mol. The van der Waals surface area contributed by atoms with E-state index in [1.807, 2.05) is 6.92 Å². The molecule has 0 aliphatic heterocycles. The molecule has 0 saturated heterocycles. The van der Waals surface area contributed by atoms with Crippen LogP contribution in [0, 0.1) is 11.6 Å². The Morgan fingerprint density at radius 1 is 1.47 bits per heavy atom. The van der Waals surface area contributed by atoms with Crippen molar-refractivity contribution >= 4 is 27.5 Å². The average Bonchev–Trinajstić information content (AvgIpc) is 2.26. The van der Waals surface area contributed by atoms with Gasteiger partial charge in [0.05, 0.1) is 12.2 Å². The van der Waals surface area contributed by atoms with Crippen LogP contribution >= 0.6 is 15.9 Å². The molecule has 0 radical (unpaired) electrons. The Hall–Kier alpha value is -1.17. The molecule has 3 nitrogen and oxygen atoms in total. The molecule has 0 atom stereocenters. The standard InChI is InChI=1S/C11H13BrF2N2O/c1-3-16(2)10(17)6-15-11-8(12)4-7(13)5-9(11)14/h4-5,15H,3,6H2,1-2H3. The summed E-state index contributed by atoms with van der Waals surface area (Å²) in [5.74, 6) is -1.57. The number of amides is 1. The molecule has 0 aliphatic carbocycles. The van der Waals surface area contributed by atoms with Gasteiger partial charge >= 0.3 is 0 Å². The summed E-state index contributed by atoms with van der Waals surface area (Å²) in [5, 5.41) is 2.64. The first-order valence-corrected chi connectivity index (χ1v) is 5.87. The summed E-state index contributed by atoms with van der Waals surface area (Å²) in [6.45, 7) is 2.38. The molecule has 94 valence electrons. The number of carbonyl (C=O) groups is 1. The molecule has 0 heterocycles. The zero-order valence-electron chi connectivity index (χ0n) is 9.56. The number of hydrogen-bond donors (Lipinski definition) is 1. The van der Waals surface area contributed by atoms with Crippen LogP contribution in [0.1, 0.15) is 6.92 Å². The van der Waals surface area contributed by atoms with Crippen molar-refractivity contribution in [3.8, 4) is 0 Å². The van der Waals surface area contributed by atoms with Crippen LogP contribution in [0.15, 0.2) is 16.6 Å². The Kier molecular flexibility index (Phi) is 4.86. The van der Waals surface area contributed by atoms with E-state index in [0.717, 1.165) is 12.1 Å². The number of carbonyl (C=O) groups excluding carboxylic acids is 1. The smallest absolute Gasteiger partial charge is 0.241 e. The van der Waals surface area contributed by atoms with Crippen molar-refractivity contribution in [3.05, 3.63) is 28.2 Å². The zero-order valence-corrected chi connectivity index (χ0v) is 11.1. The van der Waals surface area contributed by atoms with Crippen molar-refractivity contribution in [1.29, 1.82) is 0 Å². The number of rotatable bonds is 4. The number of halogens is 3. The third kappa shape index (κ3) is 3.66. The predicted octanol–water partition coefficient (Wildman–Crippen LogP) is 2.62. The van der Waals surface area contributed by atoms with Gasteiger partial charge < -0.3 is 10.2 Å². The van der Waals surface area contributed by atoms with E-state index in [4.69, 9.17) is 0 Å². The third-order valence-corrected chi connectivity index (χ3v) is 2.95. The highest BCUT2D eigenvalue weighted by Crippen LogP contribution is 2.26. The molecule has 0 unspecified atom stereocenters. The highest BCUT2D eigenvalue weighted by molar-refractivity contribution is 9.10. The van der Waals surface area contributed by atoms with Gasteiger partial charge in [-0.1, -0.05) is 0 Å². The molecular formula is C11H13BrF2N2O. The first-order valence-electron chi connectivity index (χ1n) is 5.08. The van der Waals surface area contributed by atoms with Gasteiger partial charge in [0.15, 0.2) is 0 Å². The molecule has 0 spiro atoms. The largest absolute Gasteiger partial charge is 0.373 e. The third-order valence-electron chi connectivity index (χ3n) is 2.32. The monoisotopic (exact) mass is 306 g/mol. The molecule has 0 saturated carbocycles. The van der Waals surface area contributed by atoms with E-state index in [2.05, 4.69) is 21.2 Å². The lowest BCUT2D eigenvalue weighted by Crippen LogP contribution is -2.32. The maximum absolute atomic E-state index is 13.4. The summed E-state index contributed by atoms with van der Waals surface area (Å²) in [4.78, 5) is 13.0. The van der Waals surface area contributed by atoms with Gasteiger partial charge in [0.1, 0.15) is 11.6 Å². The topological polar surface area (TPSA) is 32.3 Å². The lowest BCUT2D eigenvalue weighted by molar-refractivity contribution is -0.127. The molecule has 0 aliphatic rings. The van der Waals surface area contributed by atoms with E-state index in [0.29, 0.717) is 6.54 Å². The van der Waals surface area contributed by atoms with E-state index >= 15 is 0 Å². The second-order valence-corrected chi connectivity index (χ2v) is 4.36. The molecule has 1 aromatic rings. The van der Waals surface area contributed by atoms with E-state index in [-0.39, 0.29) is 22.6 Å². The molecule has 0 aromatic heterocycles. The molecule has 0 bridgehead atoms. The fraction of sp³-hybridized carbons (Fsp3) is 0.364. The number of nitrogens with one attached hydrogen (secondary N) is 1. The molecule has 0 fully saturated rings. The van der Waals surface area contributed by atoms with Crippen LogP contribution < -0.4 is 5.32 Å². The highest BCUT2D eigenvalue weighted by Gasteiger charge is 2.12.